The zero-order valence-corrected chi connectivity index (χ0v) is 17.6. The number of benzene rings is 2. The number of amides is 2. The van der Waals surface area contributed by atoms with E-state index in [-0.39, 0.29) is 17.6 Å². The molecule has 2 amide bonds. The molecule has 0 bridgehead atoms. The Kier molecular flexibility index (Phi) is 6.66. The van der Waals surface area contributed by atoms with Gasteiger partial charge in [-0.25, -0.2) is 4.39 Å². The van der Waals surface area contributed by atoms with Gasteiger partial charge in [-0.05, 0) is 35.2 Å². The Bertz CT molecular complexity index is 1040. The van der Waals surface area contributed by atoms with Gasteiger partial charge in [-0.15, -0.1) is 11.8 Å². The van der Waals surface area contributed by atoms with Crippen LogP contribution in [-0.4, -0.2) is 38.6 Å². The van der Waals surface area contributed by atoms with Crippen LogP contribution in [-0.2, 0) is 29.1 Å². The van der Waals surface area contributed by atoms with Gasteiger partial charge in [-0.3, -0.25) is 14.3 Å². The van der Waals surface area contributed by atoms with Crippen LogP contribution in [0.1, 0.15) is 16.7 Å². The molecule has 1 aromatic heterocycles. The summed E-state index contributed by atoms with van der Waals surface area (Å²) >= 11 is 1.39. The van der Waals surface area contributed by atoms with E-state index in [4.69, 9.17) is 0 Å². The van der Waals surface area contributed by atoms with Crippen LogP contribution in [0.15, 0.2) is 67.0 Å². The number of rotatable bonds is 7. The van der Waals surface area contributed by atoms with Crippen molar-refractivity contribution in [2.45, 2.75) is 30.8 Å². The van der Waals surface area contributed by atoms with Gasteiger partial charge in [0.25, 0.3) is 0 Å². The van der Waals surface area contributed by atoms with Gasteiger partial charge < -0.3 is 10.6 Å². The van der Waals surface area contributed by atoms with Gasteiger partial charge in [0.2, 0.25) is 11.8 Å². The first kappa shape index (κ1) is 21.1. The summed E-state index contributed by atoms with van der Waals surface area (Å²) in [6, 6.07) is 15.7. The van der Waals surface area contributed by atoms with Crippen LogP contribution < -0.4 is 10.6 Å². The van der Waals surface area contributed by atoms with Crippen LogP contribution >= 0.6 is 11.8 Å². The van der Waals surface area contributed by atoms with Crippen LogP contribution in [0.2, 0.25) is 0 Å². The predicted molar refractivity (Wildman–Crippen MR) is 118 cm³/mol. The minimum atomic E-state index is -0.589. The van der Waals surface area contributed by atoms with E-state index in [0.29, 0.717) is 30.8 Å². The van der Waals surface area contributed by atoms with Crippen molar-refractivity contribution < 1.29 is 14.0 Å². The first-order valence-corrected chi connectivity index (χ1v) is 11.1. The minimum Gasteiger partial charge on any atom is -0.350 e. The van der Waals surface area contributed by atoms with Gasteiger partial charge in [0.15, 0.2) is 0 Å². The maximum absolute atomic E-state index is 13.8. The highest BCUT2D eigenvalue weighted by molar-refractivity contribution is 8.00. The van der Waals surface area contributed by atoms with Crippen molar-refractivity contribution in [1.29, 1.82) is 0 Å². The predicted octanol–water partition coefficient (Wildman–Crippen LogP) is 2.53. The monoisotopic (exact) mass is 438 g/mol. The Hall–Kier alpha value is -3.13. The highest BCUT2D eigenvalue weighted by atomic mass is 32.2. The second-order valence-electron chi connectivity index (χ2n) is 7.42. The molecule has 0 unspecified atom stereocenters. The number of carbonyl (C=O) groups excluding carboxylic acids is 2. The molecule has 0 aliphatic carbocycles. The molecule has 0 spiro atoms. The third-order valence-electron chi connectivity index (χ3n) is 5.15. The number of nitrogens with one attached hydrogen (secondary N) is 2. The molecule has 4 rings (SSSR count). The molecule has 1 aliphatic heterocycles. The van der Waals surface area contributed by atoms with E-state index in [2.05, 4.69) is 15.7 Å². The second-order valence-corrected chi connectivity index (χ2v) is 8.65. The van der Waals surface area contributed by atoms with Gasteiger partial charge in [-0.2, -0.15) is 5.10 Å². The summed E-state index contributed by atoms with van der Waals surface area (Å²) < 4.78 is 15.7. The largest absolute Gasteiger partial charge is 0.350 e. The molecule has 2 aromatic carbocycles. The maximum atomic E-state index is 13.8. The fourth-order valence-electron chi connectivity index (χ4n) is 3.41. The van der Waals surface area contributed by atoms with Crippen LogP contribution in [0.25, 0.3) is 0 Å². The molecule has 31 heavy (non-hydrogen) atoms. The van der Waals surface area contributed by atoms with E-state index in [1.807, 2.05) is 41.2 Å². The Morgan fingerprint density at radius 2 is 1.94 bits per heavy atom. The molecule has 1 fully saturated rings. The molecule has 2 N–H and O–H groups in total. The van der Waals surface area contributed by atoms with Crippen molar-refractivity contribution in [3.05, 3.63) is 89.5 Å². The van der Waals surface area contributed by atoms with Crippen LogP contribution in [0.4, 0.5) is 4.39 Å². The van der Waals surface area contributed by atoms with Gasteiger partial charge >= 0.3 is 0 Å². The van der Waals surface area contributed by atoms with Gasteiger partial charge in [0.05, 0.1) is 11.8 Å². The summed E-state index contributed by atoms with van der Waals surface area (Å²) in [5.74, 6) is -0.306. The average Bonchev–Trinajstić information content (AvgIpc) is 3.29. The maximum Gasteiger partial charge on any atom is 0.243 e. The lowest BCUT2D eigenvalue weighted by Crippen LogP contribution is -2.54. The number of thioether (sulfide) groups is 1. The van der Waals surface area contributed by atoms with Crippen molar-refractivity contribution >= 4 is 23.6 Å². The summed E-state index contributed by atoms with van der Waals surface area (Å²) in [5, 5.41) is 9.44. The summed E-state index contributed by atoms with van der Waals surface area (Å²) in [7, 11) is 0. The normalized spacial score (nSPS) is 18.4. The first-order valence-electron chi connectivity index (χ1n) is 10.1. The number of hydrogen-bond donors (Lipinski definition) is 2. The second kappa shape index (κ2) is 9.78. The topological polar surface area (TPSA) is 76.0 Å². The van der Waals surface area contributed by atoms with Gasteiger partial charge in [-0.1, -0.05) is 42.5 Å². The van der Waals surface area contributed by atoms with Crippen molar-refractivity contribution in [1.82, 2.24) is 20.4 Å². The quantitative estimate of drug-likeness (QED) is 0.595. The third-order valence-corrected chi connectivity index (χ3v) is 6.46. The number of halogens is 1. The van der Waals surface area contributed by atoms with E-state index < -0.39 is 11.3 Å². The number of aromatic nitrogens is 2. The van der Waals surface area contributed by atoms with Crippen LogP contribution in [0.5, 0.6) is 0 Å². The molecule has 160 valence electrons. The molecule has 6 nitrogen and oxygen atoms in total. The van der Waals surface area contributed by atoms with Crippen molar-refractivity contribution in [2.75, 3.05) is 5.75 Å². The summed E-state index contributed by atoms with van der Waals surface area (Å²) in [4.78, 5) is 24.9. The van der Waals surface area contributed by atoms with Crippen LogP contribution in [0.3, 0.4) is 0 Å². The fraction of sp³-hybridized carbons (Fsp3) is 0.261. The van der Waals surface area contributed by atoms with Crippen molar-refractivity contribution in [3.8, 4) is 0 Å². The first-order chi connectivity index (χ1) is 15.1. The lowest BCUT2D eigenvalue weighted by molar-refractivity contribution is -0.128. The molecule has 1 aliphatic rings. The van der Waals surface area contributed by atoms with E-state index >= 15 is 0 Å². The smallest absolute Gasteiger partial charge is 0.243 e. The Balaban J connectivity index is 1.25. The molecule has 0 radical (unpaired) electrons. The average molecular weight is 439 g/mol. The SMILES string of the molecule is O=C(NCc1ccc(Cn2cccn2)cc1)[C@H]1CS[C@H](Cc2ccccc2F)C(=O)N1. The number of nitrogens with zero attached hydrogens (tertiary/aromatic N) is 2. The van der Waals surface area contributed by atoms with E-state index in [1.54, 1.807) is 24.4 Å². The lowest BCUT2D eigenvalue weighted by Gasteiger charge is -2.28. The van der Waals surface area contributed by atoms with Crippen molar-refractivity contribution in [3.63, 3.8) is 0 Å². The highest BCUT2D eigenvalue weighted by Crippen LogP contribution is 2.23. The van der Waals surface area contributed by atoms with Crippen LogP contribution in [0, 0.1) is 5.82 Å². The highest BCUT2D eigenvalue weighted by Gasteiger charge is 2.32. The lowest BCUT2D eigenvalue weighted by atomic mass is 10.1. The van der Waals surface area contributed by atoms with E-state index in [9.17, 15) is 14.0 Å². The zero-order valence-electron chi connectivity index (χ0n) is 16.8. The zero-order chi connectivity index (χ0) is 21.6. The summed E-state index contributed by atoms with van der Waals surface area (Å²) in [6.45, 7) is 1.08. The molecule has 2 heterocycles. The molecule has 1 saturated heterocycles. The molecule has 8 heteroatoms. The molecule has 2 atom stereocenters. The Morgan fingerprint density at radius 3 is 2.65 bits per heavy atom. The van der Waals surface area contributed by atoms with Gasteiger partial charge in [0, 0.05) is 24.7 Å². The molecule has 0 saturated carbocycles. The standard InChI is InChI=1S/C23H23FN4O2S/c24-19-5-2-1-4-18(19)12-21-23(30)27-20(15-31-21)22(29)25-13-16-6-8-17(9-7-16)14-28-11-3-10-26-28/h1-11,20-21H,12-15H2,(H,25,29)(H,27,30)/t20-,21-/m1/s1. The Morgan fingerprint density at radius 1 is 1.16 bits per heavy atom. The number of hydrogen-bond acceptors (Lipinski definition) is 4. The fourth-order valence-corrected chi connectivity index (χ4v) is 4.58. The molecular formula is C23H23FN4O2S. The van der Waals surface area contributed by atoms with E-state index in [0.717, 1.165) is 11.1 Å². The van der Waals surface area contributed by atoms with Crippen molar-refractivity contribution in [2.24, 2.45) is 0 Å². The third kappa shape index (κ3) is 5.52. The number of carbonyl (C=O) groups is 2. The van der Waals surface area contributed by atoms with Gasteiger partial charge in [0.1, 0.15) is 11.9 Å². The summed E-state index contributed by atoms with van der Waals surface area (Å²) in [5.41, 5.74) is 2.61. The Labute approximate surface area is 184 Å². The molecule has 3 aromatic rings. The summed E-state index contributed by atoms with van der Waals surface area (Å²) in [6.07, 6.45) is 3.96. The molecular weight excluding hydrogens is 415 g/mol. The van der Waals surface area contributed by atoms with E-state index in [1.165, 1.54) is 17.8 Å². The minimum absolute atomic E-state index is 0.217.